The molecule has 0 saturated carbocycles. The van der Waals surface area contributed by atoms with Gasteiger partial charge in [-0.2, -0.15) is 0 Å². The molecule has 6 aromatic heterocycles. The fourth-order valence-electron chi connectivity index (χ4n) is 4.10. The number of hydrogen-bond donors (Lipinski definition) is 0. The molecule has 0 saturated heterocycles. The molecule has 1 aliphatic rings. The Balaban J connectivity index is 1.08. The first-order valence-corrected chi connectivity index (χ1v) is 17.1. The number of hydrogen-bond acceptors (Lipinski definition) is 7. The molecule has 172 valence electrons. The SMILES string of the molecule is C1=C(c2ccc(-c3ccc(-c4ccc(-c5ccc(-c6cccs6)s5)s4)s3)s2)S[C@@H](c2cccs2)C1. The van der Waals surface area contributed by atoms with Gasteiger partial charge in [0, 0.05) is 58.9 Å². The molecule has 7 heterocycles. The van der Waals surface area contributed by atoms with Crippen molar-refractivity contribution in [1.29, 1.82) is 0 Å². The van der Waals surface area contributed by atoms with Crippen LogP contribution in [0.15, 0.2) is 89.6 Å². The first kappa shape index (κ1) is 22.5. The van der Waals surface area contributed by atoms with E-state index in [1.165, 1.54) is 53.7 Å². The molecule has 0 N–H and O–H groups in total. The normalized spacial score (nSPS) is 15.7. The molecule has 0 amide bonds. The molecule has 0 aliphatic carbocycles. The first-order valence-electron chi connectivity index (χ1n) is 11.1. The van der Waals surface area contributed by atoms with Gasteiger partial charge in [0.25, 0.3) is 0 Å². The van der Waals surface area contributed by atoms with Gasteiger partial charge in [0.05, 0.1) is 0 Å². The van der Waals surface area contributed by atoms with E-state index >= 15 is 0 Å². The van der Waals surface area contributed by atoms with Crippen molar-refractivity contribution in [3.63, 3.8) is 0 Å². The van der Waals surface area contributed by atoms with Crippen LogP contribution in [0.4, 0.5) is 0 Å². The molecule has 0 spiro atoms. The zero-order valence-electron chi connectivity index (χ0n) is 18.3. The number of thioether (sulfide) groups is 1. The van der Waals surface area contributed by atoms with Crippen LogP contribution in [0.3, 0.4) is 0 Å². The second-order valence-corrected chi connectivity index (χ2v) is 15.6. The van der Waals surface area contributed by atoms with Gasteiger partial charge >= 0.3 is 0 Å². The molecule has 1 aliphatic heterocycles. The van der Waals surface area contributed by atoms with Crippen LogP contribution < -0.4 is 0 Å². The van der Waals surface area contributed by atoms with E-state index in [2.05, 4.69) is 89.6 Å². The van der Waals surface area contributed by atoms with E-state index in [4.69, 9.17) is 0 Å². The Morgan fingerprint density at radius 3 is 1.49 bits per heavy atom. The molecular formula is C28H18S7. The minimum absolute atomic E-state index is 0.585. The molecule has 1 atom stereocenters. The molecule has 0 aromatic carbocycles. The highest BCUT2D eigenvalue weighted by molar-refractivity contribution is 8.09. The average Bonchev–Trinajstić information content (AvgIpc) is 3.71. The van der Waals surface area contributed by atoms with Crippen molar-refractivity contribution in [1.82, 2.24) is 0 Å². The smallest absolute Gasteiger partial charge is 0.0473 e. The zero-order valence-corrected chi connectivity index (χ0v) is 24.0. The lowest BCUT2D eigenvalue weighted by atomic mass is 10.2. The van der Waals surface area contributed by atoms with Crippen molar-refractivity contribution in [2.45, 2.75) is 11.7 Å². The van der Waals surface area contributed by atoms with Crippen molar-refractivity contribution in [3.05, 3.63) is 99.4 Å². The largest absolute Gasteiger partial charge is 0.148 e. The third-order valence-corrected chi connectivity index (χ3v) is 14.5. The third kappa shape index (κ3) is 4.48. The van der Waals surface area contributed by atoms with Gasteiger partial charge in [-0.3, -0.25) is 0 Å². The van der Waals surface area contributed by atoms with E-state index in [9.17, 15) is 0 Å². The van der Waals surface area contributed by atoms with Gasteiger partial charge in [0.2, 0.25) is 0 Å². The molecule has 7 rings (SSSR count). The molecule has 0 radical (unpaired) electrons. The summed E-state index contributed by atoms with van der Waals surface area (Å²) >= 11 is 13.3. The molecule has 35 heavy (non-hydrogen) atoms. The monoisotopic (exact) mass is 578 g/mol. The van der Waals surface area contributed by atoms with Crippen LogP contribution >= 0.6 is 79.8 Å². The van der Waals surface area contributed by atoms with E-state index in [0.717, 1.165) is 6.42 Å². The Morgan fingerprint density at radius 2 is 0.971 bits per heavy atom. The second-order valence-electron chi connectivity index (χ2n) is 8.06. The van der Waals surface area contributed by atoms with Gasteiger partial charge in [-0.1, -0.05) is 18.2 Å². The second kappa shape index (κ2) is 9.63. The lowest BCUT2D eigenvalue weighted by molar-refractivity contribution is 1.02. The van der Waals surface area contributed by atoms with Crippen LogP contribution in [0.2, 0.25) is 0 Å². The summed E-state index contributed by atoms with van der Waals surface area (Å²) in [6, 6.07) is 27.0. The minimum atomic E-state index is 0.585. The Labute approximate surface area is 232 Å². The minimum Gasteiger partial charge on any atom is -0.148 e. The first-order chi connectivity index (χ1) is 17.3. The number of thiophene rings is 6. The van der Waals surface area contributed by atoms with Crippen LogP contribution in [-0.2, 0) is 0 Å². The summed E-state index contributed by atoms with van der Waals surface area (Å²) in [7, 11) is 0. The molecule has 7 heteroatoms. The topological polar surface area (TPSA) is 0 Å². The van der Waals surface area contributed by atoms with Crippen LogP contribution in [0.25, 0.3) is 43.9 Å². The predicted octanol–water partition coefficient (Wildman–Crippen LogP) is 11.9. The van der Waals surface area contributed by atoms with Crippen LogP contribution in [0.5, 0.6) is 0 Å². The van der Waals surface area contributed by atoms with Crippen molar-refractivity contribution >= 4 is 84.7 Å². The lowest BCUT2D eigenvalue weighted by Gasteiger charge is -2.06. The van der Waals surface area contributed by atoms with E-state index in [1.54, 1.807) is 0 Å². The highest BCUT2D eigenvalue weighted by atomic mass is 32.2. The third-order valence-electron chi connectivity index (χ3n) is 5.81. The summed E-state index contributed by atoms with van der Waals surface area (Å²) in [6.07, 6.45) is 3.56. The molecule has 0 nitrogen and oxygen atoms in total. The number of allylic oxidation sites excluding steroid dienone is 1. The summed E-state index contributed by atoms with van der Waals surface area (Å²) in [5, 5.41) is 4.92. The number of rotatable bonds is 6. The lowest BCUT2D eigenvalue weighted by Crippen LogP contribution is -1.81. The summed E-state index contributed by atoms with van der Waals surface area (Å²) in [5.41, 5.74) is 0. The molecule has 0 bridgehead atoms. The van der Waals surface area contributed by atoms with Crippen LogP contribution in [0.1, 0.15) is 21.4 Å². The Bertz CT molecular complexity index is 1600. The predicted molar refractivity (Wildman–Crippen MR) is 165 cm³/mol. The Kier molecular flexibility index (Phi) is 6.19. The van der Waals surface area contributed by atoms with Crippen molar-refractivity contribution in [3.8, 4) is 39.0 Å². The van der Waals surface area contributed by atoms with E-state index < -0.39 is 0 Å². The zero-order chi connectivity index (χ0) is 23.2. The van der Waals surface area contributed by atoms with Crippen LogP contribution in [-0.4, -0.2) is 0 Å². The summed E-state index contributed by atoms with van der Waals surface area (Å²) in [6.45, 7) is 0. The molecule has 6 aromatic rings. The molecule has 0 unspecified atom stereocenters. The highest BCUT2D eigenvalue weighted by Crippen LogP contribution is 2.52. The summed E-state index contributed by atoms with van der Waals surface area (Å²) in [5.74, 6) is 0. The molecule has 0 fully saturated rings. The van der Waals surface area contributed by atoms with Gasteiger partial charge in [0.15, 0.2) is 0 Å². The fraction of sp³-hybridized carbons (Fsp3) is 0.0714. The van der Waals surface area contributed by atoms with E-state index in [1.807, 2.05) is 79.8 Å². The maximum Gasteiger partial charge on any atom is 0.0473 e. The van der Waals surface area contributed by atoms with Crippen molar-refractivity contribution in [2.24, 2.45) is 0 Å². The summed E-state index contributed by atoms with van der Waals surface area (Å²) < 4.78 is 0. The Hall–Kier alpha value is -1.71. The van der Waals surface area contributed by atoms with Crippen molar-refractivity contribution < 1.29 is 0 Å². The maximum absolute atomic E-state index is 2.42. The van der Waals surface area contributed by atoms with E-state index in [0.29, 0.717) is 5.25 Å². The van der Waals surface area contributed by atoms with Gasteiger partial charge in [-0.05, 0) is 77.8 Å². The van der Waals surface area contributed by atoms with Gasteiger partial charge in [-0.25, -0.2) is 0 Å². The Morgan fingerprint density at radius 1 is 0.486 bits per heavy atom. The van der Waals surface area contributed by atoms with Crippen LogP contribution in [0, 0.1) is 0 Å². The quantitative estimate of drug-likeness (QED) is 0.189. The summed E-state index contributed by atoms with van der Waals surface area (Å²) in [4.78, 5) is 15.2. The van der Waals surface area contributed by atoms with Gasteiger partial charge < -0.3 is 0 Å². The van der Waals surface area contributed by atoms with Crippen molar-refractivity contribution in [2.75, 3.05) is 0 Å². The maximum atomic E-state index is 2.42. The van der Waals surface area contributed by atoms with E-state index in [-0.39, 0.29) is 0 Å². The van der Waals surface area contributed by atoms with Gasteiger partial charge in [0.1, 0.15) is 0 Å². The fourth-order valence-corrected chi connectivity index (χ4v) is 11.5. The average molecular weight is 579 g/mol. The standard InChI is InChI=1S/C28H18S7/c1-3-17(29-15-1)19-5-7-21(31-19)23-9-11-25(33-23)27-13-14-28(35-27)26-12-10-24(34-26)22-8-6-20(32-22)18-4-2-16-30-18/h1-5,7-16,20H,6H2/t20-/m1/s1. The highest BCUT2D eigenvalue weighted by Gasteiger charge is 2.22. The molecular weight excluding hydrogens is 561 g/mol. The van der Waals surface area contributed by atoms with Gasteiger partial charge in [-0.15, -0.1) is 79.8 Å².